The second-order valence-corrected chi connectivity index (χ2v) is 9.24. The van der Waals surface area contributed by atoms with Gasteiger partial charge < -0.3 is 5.32 Å². The predicted octanol–water partition coefficient (Wildman–Crippen LogP) is 3.94. The SMILES string of the molecule is Cc1ccc(NS(=O)(=O)c2cc(C(=O)NC(C)(C)C)ccc2C)cc1C. The van der Waals surface area contributed by atoms with Crippen LogP contribution in [0.15, 0.2) is 41.3 Å². The van der Waals surface area contributed by atoms with Crippen LogP contribution in [0.1, 0.15) is 47.8 Å². The zero-order chi connectivity index (χ0) is 19.7. The Kier molecular flexibility index (Phi) is 5.47. The number of carbonyl (C=O) groups excluding carboxylic acids is 1. The molecule has 2 N–H and O–H groups in total. The quantitative estimate of drug-likeness (QED) is 0.851. The number of anilines is 1. The van der Waals surface area contributed by atoms with Crippen molar-refractivity contribution in [3.8, 4) is 0 Å². The van der Waals surface area contributed by atoms with Gasteiger partial charge in [0.05, 0.1) is 4.90 Å². The summed E-state index contributed by atoms with van der Waals surface area (Å²) in [5.41, 5.74) is 3.07. The van der Waals surface area contributed by atoms with E-state index in [0.717, 1.165) is 11.1 Å². The van der Waals surface area contributed by atoms with E-state index >= 15 is 0 Å². The number of hydrogen-bond acceptors (Lipinski definition) is 3. The number of hydrogen-bond donors (Lipinski definition) is 2. The molecular weight excluding hydrogens is 348 g/mol. The molecule has 2 aromatic rings. The summed E-state index contributed by atoms with van der Waals surface area (Å²) in [6.07, 6.45) is 0. The van der Waals surface area contributed by atoms with Gasteiger partial charge in [-0.2, -0.15) is 0 Å². The molecule has 26 heavy (non-hydrogen) atoms. The van der Waals surface area contributed by atoms with Crippen LogP contribution in [0.25, 0.3) is 0 Å². The van der Waals surface area contributed by atoms with Crippen molar-refractivity contribution >= 4 is 21.6 Å². The molecule has 140 valence electrons. The fraction of sp³-hybridized carbons (Fsp3) is 0.350. The molecule has 0 aliphatic carbocycles. The molecule has 0 aliphatic rings. The lowest BCUT2D eigenvalue weighted by Crippen LogP contribution is -2.40. The van der Waals surface area contributed by atoms with E-state index in [1.165, 1.54) is 6.07 Å². The first-order valence-electron chi connectivity index (χ1n) is 8.42. The van der Waals surface area contributed by atoms with Crippen LogP contribution in [-0.2, 0) is 10.0 Å². The first kappa shape index (κ1) is 20.0. The molecule has 0 atom stereocenters. The summed E-state index contributed by atoms with van der Waals surface area (Å²) >= 11 is 0. The maximum atomic E-state index is 12.8. The highest BCUT2D eigenvalue weighted by molar-refractivity contribution is 7.92. The van der Waals surface area contributed by atoms with Crippen molar-refractivity contribution in [2.24, 2.45) is 0 Å². The second kappa shape index (κ2) is 7.11. The standard InChI is InChI=1S/C20H26N2O3S/c1-13-8-10-17(11-15(13)3)22-26(24,25)18-12-16(9-7-14(18)2)19(23)21-20(4,5)6/h7-12,22H,1-6H3,(H,21,23). The van der Waals surface area contributed by atoms with Gasteiger partial charge >= 0.3 is 0 Å². The van der Waals surface area contributed by atoms with Gasteiger partial charge in [-0.25, -0.2) is 8.42 Å². The minimum absolute atomic E-state index is 0.0947. The van der Waals surface area contributed by atoms with E-state index in [9.17, 15) is 13.2 Å². The Balaban J connectivity index is 2.38. The number of nitrogens with one attached hydrogen (secondary N) is 2. The number of carbonyl (C=O) groups is 1. The molecule has 0 heterocycles. The van der Waals surface area contributed by atoms with Crippen LogP contribution in [0.2, 0.25) is 0 Å². The molecule has 0 unspecified atom stereocenters. The van der Waals surface area contributed by atoms with E-state index in [-0.39, 0.29) is 10.8 Å². The topological polar surface area (TPSA) is 75.3 Å². The van der Waals surface area contributed by atoms with Crippen molar-refractivity contribution in [2.45, 2.75) is 52.0 Å². The van der Waals surface area contributed by atoms with E-state index in [2.05, 4.69) is 10.0 Å². The smallest absolute Gasteiger partial charge is 0.262 e. The van der Waals surface area contributed by atoms with Gasteiger partial charge in [0.2, 0.25) is 0 Å². The molecule has 6 heteroatoms. The third-order valence-electron chi connectivity index (χ3n) is 3.99. The fourth-order valence-electron chi connectivity index (χ4n) is 2.46. The van der Waals surface area contributed by atoms with Gasteiger partial charge in [0, 0.05) is 16.8 Å². The van der Waals surface area contributed by atoms with E-state index in [4.69, 9.17) is 0 Å². The summed E-state index contributed by atoms with van der Waals surface area (Å²) in [6.45, 7) is 11.2. The van der Waals surface area contributed by atoms with Crippen molar-refractivity contribution in [2.75, 3.05) is 4.72 Å². The monoisotopic (exact) mass is 374 g/mol. The zero-order valence-corrected chi connectivity index (χ0v) is 16.9. The van der Waals surface area contributed by atoms with Gasteiger partial charge in [0.25, 0.3) is 15.9 Å². The lowest BCUT2D eigenvalue weighted by Gasteiger charge is -2.21. The summed E-state index contributed by atoms with van der Waals surface area (Å²) in [7, 11) is -3.80. The fourth-order valence-corrected chi connectivity index (χ4v) is 3.78. The van der Waals surface area contributed by atoms with Crippen molar-refractivity contribution < 1.29 is 13.2 Å². The minimum Gasteiger partial charge on any atom is -0.347 e. The predicted molar refractivity (Wildman–Crippen MR) is 105 cm³/mol. The van der Waals surface area contributed by atoms with Crippen LogP contribution >= 0.6 is 0 Å². The molecule has 0 saturated heterocycles. The van der Waals surface area contributed by atoms with Crippen LogP contribution in [0.4, 0.5) is 5.69 Å². The van der Waals surface area contributed by atoms with Gasteiger partial charge in [-0.15, -0.1) is 0 Å². The summed E-state index contributed by atoms with van der Waals surface area (Å²) in [4.78, 5) is 12.5. The van der Waals surface area contributed by atoms with E-state index < -0.39 is 15.6 Å². The van der Waals surface area contributed by atoms with Gasteiger partial charge in [-0.1, -0.05) is 12.1 Å². The largest absolute Gasteiger partial charge is 0.347 e. The Bertz CT molecular complexity index is 942. The summed E-state index contributed by atoms with van der Waals surface area (Å²) in [5, 5.41) is 2.84. The van der Waals surface area contributed by atoms with Crippen LogP contribution < -0.4 is 10.0 Å². The molecule has 0 fully saturated rings. The highest BCUT2D eigenvalue weighted by Gasteiger charge is 2.21. The molecule has 0 spiro atoms. The summed E-state index contributed by atoms with van der Waals surface area (Å²) in [5.74, 6) is -0.305. The Morgan fingerprint density at radius 3 is 2.08 bits per heavy atom. The lowest BCUT2D eigenvalue weighted by molar-refractivity contribution is 0.0919. The van der Waals surface area contributed by atoms with Gasteiger partial charge in [-0.05, 0) is 82.5 Å². The van der Waals surface area contributed by atoms with E-state index in [1.807, 2.05) is 40.7 Å². The number of sulfonamides is 1. The third-order valence-corrected chi connectivity index (χ3v) is 5.51. The van der Waals surface area contributed by atoms with Crippen molar-refractivity contribution in [1.29, 1.82) is 0 Å². The number of rotatable bonds is 4. The van der Waals surface area contributed by atoms with Crippen molar-refractivity contribution in [3.05, 3.63) is 58.7 Å². The molecule has 0 aliphatic heterocycles. The molecule has 2 rings (SSSR count). The second-order valence-electron chi connectivity index (χ2n) is 7.59. The number of benzene rings is 2. The Labute approximate surface area is 155 Å². The van der Waals surface area contributed by atoms with Crippen LogP contribution in [0.3, 0.4) is 0 Å². The Morgan fingerprint density at radius 2 is 1.50 bits per heavy atom. The highest BCUT2D eigenvalue weighted by Crippen LogP contribution is 2.22. The van der Waals surface area contributed by atoms with Crippen LogP contribution in [-0.4, -0.2) is 19.9 Å². The molecule has 0 radical (unpaired) electrons. The van der Waals surface area contributed by atoms with Crippen molar-refractivity contribution in [1.82, 2.24) is 5.32 Å². The molecule has 2 aromatic carbocycles. The number of aryl methyl sites for hydroxylation is 3. The molecule has 0 saturated carbocycles. The normalized spacial score (nSPS) is 11.9. The maximum absolute atomic E-state index is 12.8. The number of amides is 1. The zero-order valence-electron chi connectivity index (χ0n) is 16.1. The maximum Gasteiger partial charge on any atom is 0.262 e. The van der Waals surface area contributed by atoms with Gasteiger partial charge in [-0.3, -0.25) is 9.52 Å². The average molecular weight is 375 g/mol. The lowest BCUT2D eigenvalue weighted by atomic mass is 10.1. The molecular formula is C20H26N2O3S. The first-order chi connectivity index (χ1) is 11.9. The summed E-state index contributed by atoms with van der Waals surface area (Å²) < 4.78 is 28.3. The molecule has 0 bridgehead atoms. The first-order valence-corrected chi connectivity index (χ1v) is 9.90. The highest BCUT2D eigenvalue weighted by atomic mass is 32.2. The van der Waals surface area contributed by atoms with Crippen LogP contribution in [0, 0.1) is 20.8 Å². The van der Waals surface area contributed by atoms with Gasteiger partial charge in [0.15, 0.2) is 0 Å². The van der Waals surface area contributed by atoms with E-state index in [1.54, 1.807) is 31.2 Å². The molecule has 0 aromatic heterocycles. The Morgan fingerprint density at radius 1 is 0.885 bits per heavy atom. The van der Waals surface area contributed by atoms with E-state index in [0.29, 0.717) is 16.8 Å². The van der Waals surface area contributed by atoms with Crippen LogP contribution in [0.5, 0.6) is 0 Å². The third kappa shape index (κ3) is 4.85. The molecule has 1 amide bonds. The Hall–Kier alpha value is -2.34. The average Bonchev–Trinajstić information content (AvgIpc) is 2.49. The van der Waals surface area contributed by atoms with Crippen molar-refractivity contribution in [3.63, 3.8) is 0 Å². The summed E-state index contributed by atoms with van der Waals surface area (Å²) in [6, 6.07) is 10.1. The van der Waals surface area contributed by atoms with Gasteiger partial charge in [0.1, 0.15) is 0 Å². The minimum atomic E-state index is -3.80. The molecule has 5 nitrogen and oxygen atoms in total.